The maximum atomic E-state index is 4.30. The quantitative estimate of drug-likeness (QED) is 0.585. The number of hydrogen-bond donors (Lipinski definition) is 1. The minimum atomic E-state index is 0.833. The molecule has 0 amide bonds. The van der Waals surface area contributed by atoms with Crippen LogP contribution in [0.4, 0.5) is 0 Å². The van der Waals surface area contributed by atoms with E-state index in [2.05, 4.69) is 33.9 Å². The molecule has 0 aliphatic heterocycles. The molecule has 0 radical (unpaired) electrons. The first-order chi connectivity index (χ1) is 9.31. The summed E-state index contributed by atoms with van der Waals surface area (Å²) in [5.74, 6) is 1.71. The van der Waals surface area contributed by atoms with Crippen molar-refractivity contribution in [2.24, 2.45) is 7.05 Å². The molecule has 1 aromatic carbocycles. The molecule has 19 heavy (non-hydrogen) atoms. The second-order valence-electron chi connectivity index (χ2n) is 4.21. The molecule has 0 saturated carbocycles. The van der Waals surface area contributed by atoms with Crippen LogP contribution in [0.15, 0.2) is 48.3 Å². The van der Waals surface area contributed by atoms with E-state index in [0.717, 1.165) is 27.8 Å². The molecule has 0 fully saturated rings. The molecule has 0 unspecified atom stereocenters. The highest BCUT2D eigenvalue weighted by Gasteiger charge is 2.14. The summed E-state index contributed by atoms with van der Waals surface area (Å²) in [4.78, 5) is 3.26. The van der Waals surface area contributed by atoms with E-state index in [1.807, 2.05) is 36.0 Å². The van der Waals surface area contributed by atoms with Crippen molar-refractivity contribution in [1.82, 2.24) is 19.7 Å². The van der Waals surface area contributed by atoms with Gasteiger partial charge in [0.2, 0.25) is 0 Å². The zero-order chi connectivity index (χ0) is 13.2. The van der Waals surface area contributed by atoms with E-state index in [-0.39, 0.29) is 0 Å². The van der Waals surface area contributed by atoms with Gasteiger partial charge in [-0.25, -0.2) is 0 Å². The Balaban J connectivity index is 2.07. The molecule has 3 rings (SSSR count). The van der Waals surface area contributed by atoms with Gasteiger partial charge in [-0.2, -0.15) is 0 Å². The molecule has 4 nitrogen and oxygen atoms in total. The molecule has 0 bridgehead atoms. The Labute approximate surface area is 115 Å². The van der Waals surface area contributed by atoms with Crippen LogP contribution in [0, 0.1) is 0 Å². The fourth-order valence-corrected chi connectivity index (χ4v) is 2.71. The SMILES string of the molecule is C=CCSc1nnc(-c2c[nH]c3ccccc23)n1C. The van der Waals surface area contributed by atoms with E-state index in [9.17, 15) is 0 Å². The zero-order valence-electron chi connectivity index (χ0n) is 10.6. The molecule has 5 heteroatoms. The van der Waals surface area contributed by atoms with Gasteiger partial charge in [-0.1, -0.05) is 36.0 Å². The number of aromatic amines is 1. The Morgan fingerprint density at radius 3 is 3.05 bits per heavy atom. The number of nitrogens with one attached hydrogen (secondary N) is 1. The highest BCUT2D eigenvalue weighted by Crippen LogP contribution is 2.28. The van der Waals surface area contributed by atoms with Crippen molar-refractivity contribution in [3.8, 4) is 11.4 Å². The first-order valence-corrected chi connectivity index (χ1v) is 6.99. The van der Waals surface area contributed by atoms with Gasteiger partial charge in [-0.05, 0) is 6.07 Å². The number of nitrogens with zero attached hydrogens (tertiary/aromatic N) is 3. The van der Waals surface area contributed by atoms with Gasteiger partial charge >= 0.3 is 0 Å². The van der Waals surface area contributed by atoms with Crippen LogP contribution in [-0.2, 0) is 7.05 Å². The average Bonchev–Trinajstić information content (AvgIpc) is 3.00. The Morgan fingerprint density at radius 2 is 2.21 bits per heavy atom. The standard InChI is InChI=1S/C14H14N4S/c1-3-8-19-14-17-16-13(18(14)2)11-9-15-12-7-5-4-6-10(11)12/h3-7,9,15H,1,8H2,2H3. The highest BCUT2D eigenvalue weighted by molar-refractivity contribution is 7.99. The predicted molar refractivity (Wildman–Crippen MR) is 79.2 cm³/mol. The third-order valence-corrected chi connectivity index (χ3v) is 4.01. The van der Waals surface area contributed by atoms with Crippen molar-refractivity contribution in [3.05, 3.63) is 43.1 Å². The number of rotatable bonds is 4. The number of fused-ring (bicyclic) bond motifs is 1. The van der Waals surface area contributed by atoms with Crippen molar-refractivity contribution in [2.75, 3.05) is 5.75 Å². The van der Waals surface area contributed by atoms with Crippen LogP contribution in [0.5, 0.6) is 0 Å². The summed E-state index contributed by atoms with van der Waals surface area (Å²) < 4.78 is 2.02. The predicted octanol–water partition coefficient (Wildman–Crippen LogP) is 3.24. The summed E-state index contributed by atoms with van der Waals surface area (Å²) >= 11 is 1.63. The summed E-state index contributed by atoms with van der Waals surface area (Å²) in [5, 5.41) is 10.6. The fraction of sp³-hybridized carbons (Fsp3) is 0.143. The van der Waals surface area contributed by atoms with Crippen molar-refractivity contribution in [3.63, 3.8) is 0 Å². The van der Waals surface area contributed by atoms with Gasteiger partial charge in [0.1, 0.15) is 0 Å². The second-order valence-corrected chi connectivity index (χ2v) is 5.20. The van der Waals surface area contributed by atoms with Crippen LogP contribution < -0.4 is 0 Å². The molecule has 0 saturated heterocycles. The van der Waals surface area contributed by atoms with Gasteiger partial charge in [-0.3, -0.25) is 0 Å². The monoisotopic (exact) mass is 270 g/mol. The van der Waals surface area contributed by atoms with Gasteiger partial charge in [-0.15, -0.1) is 16.8 Å². The lowest BCUT2D eigenvalue weighted by atomic mass is 10.1. The average molecular weight is 270 g/mol. The van der Waals surface area contributed by atoms with Crippen LogP contribution >= 0.6 is 11.8 Å². The number of aromatic nitrogens is 4. The van der Waals surface area contributed by atoms with Gasteiger partial charge in [0, 0.05) is 35.5 Å². The van der Waals surface area contributed by atoms with Crippen molar-refractivity contribution in [1.29, 1.82) is 0 Å². The number of benzene rings is 1. The number of H-pyrrole nitrogens is 1. The summed E-state index contributed by atoms with van der Waals surface area (Å²) in [5.41, 5.74) is 2.19. The lowest BCUT2D eigenvalue weighted by Gasteiger charge is -2.01. The Morgan fingerprint density at radius 1 is 1.37 bits per heavy atom. The molecule has 0 aliphatic carbocycles. The van der Waals surface area contributed by atoms with Crippen molar-refractivity contribution in [2.45, 2.75) is 5.16 Å². The van der Waals surface area contributed by atoms with Crippen LogP contribution in [-0.4, -0.2) is 25.5 Å². The summed E-state index contributed by atoms with van der Waals surface area (Å²) in [6.07, 6.45) is 3.85. The first kappa shape index (κ1) is 12.0. The lowest BCUT2D eigenvalue weighted by molar-refractivity contribution is 0.795. The molecule has 3 aromatic rings. The van der Waals surface area contributed by atoms with Gasteiger partial charge < -0.3 is 9.55 Å². The third-order valence-electron chi connectivity index (χ3n) is 3.00. The lowest BCUT2D eigenvalue weighted by Crippen LogP contribution is -1.94. The first-order valence-electron chi connectivity index (χ1n) is 6.01. The van der Waals surface area contributed by atoms with Crippen LogP contribution in [0.1, 0.15) is 0 Å². The molecule has 1 N–H and O–H groups in total. The number of hydrogen-bond acceptors (Lipinski definition) is 3. The maximum absolute atomic E-state index is 4.30. The number of para-hydroxylation sites is 1. The molecule has 2 aromatic heterocycles. The second kappa shape index (κ2) is 4.93. The molecule has 0 atom stereocenters. The summed E-state index contributed by atoms with van der Waals surface area (Å²) in [6, 6.07) is 8.20. The molecule has 0 spiro atoms. The maximum Gasteiger partial charge on any atom is 0.191 e. The topological polar surface area (TPSA) is 46.5 Å². The largest absolute Gasteiger partial charge is 0.360 e. The van der Waals surface area contributed by atoms with Crippen LogP contribution in [0.3, 0.4) is 0 Å². The van der Waals surface area contributed by atoms with E-state index in [1.54, 1.807) is 11.8 Å². The Hall–Kier alpha value is -2.01. The number of thioether (sulfide) groups is 1. The molecule has 0 aliphatic rings. The smallest absolute Gasteiger partial charge is 0.191 e. The van der Waals surface area contributed by atoms with Crippen molar-refractivity contribution < 1.29 is 0 Å². The van der Waals surface area contributed by atoms with Gasteiger partial charge in [0.05, 0.1) is 0 Å². The van der Waals surface area contributed by atoms with E-state index in [0.29, 0.717) is 0 Å². The van der Waals surface area contributed by atoms with Gasteiger partial charge in [0.25, 0.3) is 0 Å². The highest BCUT2D eigenvalue weighted by atomic mass is 32.2. The van der Waals surface area contributed by atoms with Gasteiger partial charge in [0.15, 0.2) is 11.0 Å². The molecular weight excluding hydrogens is 256 g/mol. The summed E-state index contributed by atoms with van der Waals surface area (Å²) in [6.45, 7) is 3.72. The minimum absolute atomic E-state index is 0.833. The van der Waals surface area contributed by atoms with E-state index in [4.69, 9.17) is 0 Å². The Kier molecular flexibility index (Phi) is 3.13. The van der Waals surface area contributed by atoms with E-state index in [1.165, 1.54) is 5.39 Å². The Bertz CT molecular complexity index is 726. The third kappa shape index (κ3) is 2.06. The van der Waals surface area contributed by atoms with E-state index < -0.39 is 0 Å². The molecule has 96 valence electrons. The van der Waals surface area contributed by atoms with Crippen LogP contribution in [0.25, 0.3) is 22.3 Å². The normalized spacial score (nSPS) is 11.0. The minimum Gasteiger partial charge on any atom is -0.360 e. The zero-order valence-corrected chi connectivity index (χ0v) is 11.4. The van der Waals surface area contributed by atoms with Crippen LogP contribution in [0.2, 0.25) is 0 Å². The fourth-order valence-electron chi connectivity index (χ4n) is 2.07. The summed E-state index contributed by atoms with van der Waals surface area (Å²) in [7, 11) is 1.99. The van der Waals surface area contributed by atoms with Crippen molar-refractivity contribution >= 4 is 22.7 Å². The van der Waals surface area contributed by atoms with E-state index >= 15 is 0 Å². The molecule has 2 heterocycles. The molecular formula is C14H14N4S.